The number of carboxylic acid groups (broad SMARTS) is 1. The van der Waals surface area contributed by atoms with E-state index in [0.717, 1.165) is 5.52 Å². The molecule has 3 N–H and O–H groups in total. The molecule has 0 spiro atoms. The average molecular weight is 287 g/mol. The molecule has 0 aliphatic heterocycles. The molecule has 0 radical (unpaired) electrons. The van der Waals surface area contributed by atoms with Gasteiger partial charge in [0.05, 0.1) is 5.69 Å². The molecule has 0 fully saturated rings. The maximum atomic E-state index is 10.7. The van der Waals surface area contributed by atoms with Crippen LogP contribution < -0.4 is 5.73 Å². The second kappa shape index (κ2) is 5.33. The molecule has 8 heteroatoms. The summed E-state index contributed by atoms with van der Waals surface area (Å²) in [4.78, 5) is 15.0. The van der Waals surface area contributed by atoms with E-state index in [1.807, 2.05) is 24.3 Å². The van der Waals surface area contributed by atoms with E-state index in [-0.39, 0.29) is 6.42 Å². The van der Waals surface area contributed by atoms with E-state index < -0.39 is 12.0 Å². The third-order valence-corrected chi connectivity index (χ3v) is 2.97. The van der Waals surface area contributed by atoms with E-state index in [4.69, 9.17) is 15.3 Å². The Labute approximate surface area is 119 Å². The number of hydrogen-bond acceptors (Lipinski definition) is 6. The Bertz CT molecular complexity index is 746. The first-order chi connectivity index (χ1) is 10.1. The van der Waals surface area contributed by atoms with Gasteiger partial charge in [-0.3, -0.25) is 4.79 Å². The van der Waals surface area contributed by atoms with E-state index in [2.05, 4.69) is 15.3 Å². The predicted molar refractivity (Wildman–Crippen MR) is 72.4 cm³/mol. The van der Waals surface area contributed by atoms with E-state index >= 15 is 0 Å². The van der Waals surface area contributed by atoms with Gasteiger partial charge in [0.25, 0.3) is 0 Å². The zero-order valence-electron chi connectivity index (χ0n) is 11.0. The molecule has 0 aliphatic carbocycles. The Morgan fingerprint density at radius 2 is 2.24 bits per heavy atom. The van der Waals surface area contributed by atoms with Crippen LogP contribution in [0.15, 0.2) is 34.9 Å². The highest BCUT2D eigenvalue weighted by atomic mass is 16.4. The number of carboxylic acids is 1. The molecule has 1 aromatic carbocycles. The van der Waals surface area contributed by atoms with Gasteiger partial charge in [0, 0.05) is 12.6 Å². The molecule has 0 aliphatic rings. The van der Waals surface area contributed by atoms with E-state index in [9.17, 15) is 4.79 Å². The van der Waals surface area contributed by atoms with Gasteiger partial charge in [-0.25, -0.2) is 9.67 Å². The summed E-state index contributed by atoms with van der Waals surface area (Å²) in [6, 6.07) is 6.47. The minimum absolute atomic E-state index is 0.128. The minimum atomic E-state index is -1.07. The molecule has 21 heavy (non-hydrogen) atoms. The fraction of sp³-hybridized carbons (Fsp3) is 0.231. The number of fused-ring (bicyclic) bond motifs is 1. The van der Waals surface area contributed by atoms with Crippen LogP contribution >= 0.6 is 0 Å². The summed E-state index contributed by atoms with van der Waals surface area (Å²) in [6.07, 6.45) is 1.76. The van der Waals surface area contributed by atoms with Crippen molar-refractivity contribution < 1.29 is 14.3 Å². The smallest absolute Gasteiger partial charge is 0.320 e. The molecule has 0 saturated heterocycles. The summed E-state index contributed by atoms with van der Waals surface area (Å²) in [5.74, 6) is -0.557. The van der Waals surface area contributed by atoms with E-state index in [1.54, 1.807) is 6.20 Å². The third kappa shape index (κ3) is 2.90. The molecule has 2 aromatic heterocycles. The highest BCUT2D eigenvalue weighted by Gasteiger charge is 2.15. The number of rotatable bonds is 5. The van der Waals surface area contributed by atoms with Crippen molar-refractivity contribution in [2.24, 2.45) is 5.73 Å². The Morgan fingerprint density at radius 1 is 1.43 bits per heavy atom. The van der Waals surface area contributed by atoms with Crippen LogP contribution in [0.1, 0.15) is 11.6 Å². The van der Waals surface area contributed by atoms with Gasteiger partial charge in [-0.1, -0.05) is 17.3 Å². The summed E-state index contributed by atoms with van der Waals surface area (Å²) < 4.78 is 7.12. The molecule has 8 nitrogen and oxygen atoms in total. The Kier molecular flexibility index (Phi) is 3.36. The summed E-state index contributed by atoms with van der Waals surface area (Å²) in [6.45, 7) is 0.323. The minimum Gasteiger partial charge on any atom is -0.480 e. The van der Waals surface area contributed by atoms with Crippen molar-refractivity contribution in [2.45, 2.75) is 19.0 Å². The Hall–Kier alpha value is -2.74. The van der Waals surface area contributed by atoms with Crippen LogP contribution in [0.5, 0.6) is 0 Å². The number of oxazole rings is 1. The molecule has 1 unspecified atom stereocenters. The number of nitrogens with zero attached hydrogens (tertiary/aromatic N) is 4. The molecular formula is C13H13N5O3. The number of para-hydroxylation sites is 2. The topological polar surface area (TPSA) is 120 Å². The first kappa shape index (κ1) is 13.3. The largest absolute Gasteiger partial charge is 0.480 e. The van der Waals surface area contributed by atoms with Crippen LogP contribution in [0.3, 0.4) is 0 Å². The summed E-state index contributed by atoms with van der Waals surface area (Å²) in [5, 5.41) is 16.6. The van der Waals surface area contributed by atoms with Gasteiger partial charge in [0.2, 0.25) is 5.89 Å². The van der Waals surface area contributed by atoms with Crippen LogP contribution in [-0.4, -0.2) is 37.1 Å². The zero-order chi connectivity index (χ0) is 14.8. The van der Waals surface area contributed by atoms with Gasteiger partial charge in [-0.2, -0.15) is 0 Å². The summed E-state index contributed by atoms with van der Waals surface area (Å²) >= 11 is 0. The first-order valence-corrected chi connectivity index (χ1v) is 6.33. The number of carbonyl (C=O) groups is 1. The van der Waals surface area contributed by atoms with Crippen LogP contribution in [0.25, 0.3) is 11.1 Å². The second-order valence-corrected chi connectivity index (χ2v) is 4.63. The maximum absolute atomic E-state index is 10.7. The van der Waals surface area contributed by atoms with Gasteiger partial charge in [0.15, 0.2) is 5.58 Å². The van der Waals surface area contributed by atoms with Crippen molar-refractivity contribution in [1.82, 2.24) is 20.0 Å². The molecule has 3 aromatic rings. The van der Waals surface area contributed by atoms with E-state index in [1.165, 1.54) is 4.68 Å². The highest BCUT2D eigenvalue weighted by Crippen LogP contribution is 2.15. The van der Waals surface area contributed by atoms with Crippen LogP contribution in [0, 0.1) is 0 Å². The lowest BCUT2D eigenvalue weighted by Gasteiger charge is -2.01. The standard InChI is InChI=1S/C13H13N5O3/c14-9(13(19)20)5-8-6-18(17-16-8)7-12-15-10-3-1-2-4-11(10)21-12/h1-4,6,9H,5,7,14H2,(H,19,20). The van der Waals surface area contributed by atoms with Crippen molar-refractivity contribution in [2.75, 3.05) is 0 Å². The maximum Gasteiger partial charge on any atom is 0.320 e. The predicted octanol–water partition coefficient (Wildman–Crippen LogP) is 0.422. The van der Waals surface area contributed by atoms with Crippen molar-refractivity contribution in [3.8, 4) is 0 Å². The van der Waals surface area contributed by atoms with Crippen LogP contribution in [0.4, 0.5) is 0 Å². The van der Waals surface area contributed by atoms with Crippen LogP contribution in [-0.2, 0) is 17.8 Å². The molecule has 1 atom stereocenters. The van der Waals surface area contributed by atoms with Gasteiger partial charge in [0.1, 0.15) is 18.1 Å². The van der Waals surface area contributed by atoms with Gasteiger partial charge in [-0.05, 0) is 12.1 Å². The molecule has 0 amide bonds. The summed E-state index contributed by atoms with van der Waals surface area (Å²) in [7, 11) is 0. The number of hydrogen-bond donors (Lipinski definition) is 2. The number of aromatic nitrogens is 4. The fourth-order valence-corrected chi connectivity index (χ4v) is 1.95. The van der Waals surface area contributed by atoms with Crippen molar-refractivity contribution in [1.29, 1.82) is 0 Å². The van der Waals surface area contributed by atoms with Crippen molar-refractivity contribution in [3.63, 3.8) is 0 Å². The number of aliphatic carboxylic acids is 1. The summed E-state index contributed by atoms with van der Waals surface area (Å²) in [5.41, 5.74) is 7.46. The molecule has 0 bridgehead atoms. The fourth-order valence-electron chi connectivity index (χ4n) is 1.95. The van der Waals surface area contributed by atoms with Crippen molar-refractivity contribution in [3.05, 3.63) is 42.0 Å². The molecule has 3 rings (SSSR count). The lowest BCUT2D eigenvalue weighted by Crippen LogP contribution is -2.32. The van der Waals surface area contributed by atoms with Gasteiger partial charge in [-0.15, -0.1) is 5.10 Å². The monoisotopic (exact) mass is 287 g/mol. The normalized spacial score (nSPS) is 12.6. The molecular weight excluding hydrogens is 274 g/mol. The third-order valence-electron chi connectivity index (χ3n) is 2.97. The first-order valence-electron chi connectivity index (χ1n) is 6.33. The van der Waals surface area contributed by atoms with E-state index in [0.29, 0.717) is 23.7 Å². The van der Waals surface area contributed by atoms with Crippen LogP contribution in [0.2, 0.25) is 0 Å². The number of benzene rings is 1. The lowest BCUT2D eigenvalue weighted by molar-refractivity contribution is -0.138. The molecule has 2 heterocycles. The van der Waals surface area contributed by atoms with Gasteiger partial charge >= 0.3 is 5.97 Å². The lowest BCUT2D eigenvalue weighted by atomic mass is 10.2. The Balaban J connectivity index is 1.73. The number of nitrogens with two attached hydrogens (primary N) is 1. The van der Waals surface area contributed by atoms with Gasteiger partial charge < -0.3 is 15.3 Å². The highest BCUT2D eigenvalue weighted by molar-refractivity contribution is 5.73. The zero-order valence-corrected chi connectivity index (χ0v) is 11.0. The second-order valence-electron chi connectivity index (χ2n) is 4.63. The molecule has 108 valence electrons. The Morgan fingerprint density at radius 3 is 3.00 bits per heavy atom. The van der Waals surface area contributed by atoms with Crippen molar-refractivity contribution >= 4 is 17.1 Å². The quantitative estimate of drug-likeness (QED) is 0.697. The SMILES string of the molecule is NC(Cc1cn(Cc2nc3ccccc3o2)nn1)C(=O)O. The average Bonchev–Trinajstić information content (AvgIpc) is 3.05. The molecule has 0 saturated carbocycles.